The number of Topliss-reactive ketones (excluding diaryl/α,β-unsaturated/α-hetero) is 1. The van der Waals surface area contributed by atoms with Crippen LogP contribution in [0.3, 0.4) is 0 Å². The lowest BCUT2D eigenvalue weighted by atomic mass is 9.99. The third-order valence-corrected chi connectivity index (χ3v) is 3.69. The molecule has 3 heteroatoms. The molecule has 18 heavy (non-hydrogen) atoms. The lowest BCUT2D eigenvalue weighted by Crippen LogP contribution is -2.12. The summed E-state index contributed by atoms with van der Waals surface area (Å²) in [5.41, 5.74) is 2.13. The Kier molecular flexibility index (Phi) is 3.94. The molecule has 2 aromatic rings. The van der Waals surface area contributed by atoms with Gasteiger partial charge in [-0.2, -0.15) is 0 Å². The maximum absolute atomic E-state index is 12.1. The molecule has 0 spiro atoms. The van der Waals surface area contributed by atoms with E-state index in [1.165, 1.54) is 0 Å². The maximum Gasteiger partial charge on any atom is 0.195 e. The Morgan fingerprint density at radius 3 is 2.44 bits per heavy atom. The first-order valence-electron chi connectivity index (χ1n) is 5.63. The van der Waals surface area contributed by atoms with Crippen molar-refractivity contribution in [3.63, 3.8) is 0 Å². The molecule has 0 amide bonds. The summed E-state index contributed by atoms with van der Waals surface area (Å²) in [5.74, 6) is -0.280. The number of halogens is 1. The molecule has 2 nitrogen and oxygen atoms in total. The van der Waals surface area contributed by atoms with Crippen LogP contribution in [0.2, 0.25) is 0 Å². The molecule has 2 rings (SSSR count). The molecule has 0 bridgehead atoms. The Morgan fingerprint density at radius 2 is 1.83 bits per heavy atom. The van der Waals surface area contributed by atoms with Gasteiger partial charge in [-0.25, -0.2) is 0 Å². The van der Waals surface area contributed by atoms with Gasteiger partial charge in [-0.3, -0.25) is 4.79 Å². The highest BCUT2D eigenvalue weighted by Gasteiger charge is 2.19. The Bertz CT molecular complexity index is 564. The summed E-state index contributed by atoms with van der Waals surface area (Å²) in [7, 11) is 0. The molecule has 0 saturated carbocycles. The van der Waals surface area contributed by atoms with Crippen molar-refractivity contribution in [1.82, 2.24) is 0 Å². The summed E-state index contributed by atoms with van der Waals surface area (Å²) in [6, 6.07) is 14.2. The standard InChI is InChI=1S/C15H13BrO2/c1-10-9-12(7-8-13(10)16)15(18)14(17)11-5-3-2-4-6-11/h2-9,15,18H,1H3. The molecule has 0 radical (unpaired) electrons. The highest BCUT2D eigenvalue weighted by atomic mass is 79.9. The number of aryl methyl sites for hydroxylation is 1. The van der Waals surface area contributed by atoms with Gasteiger partial charge in [0.2, 0.25) is 0 Å². The summed E-state index contributed by atoms with van der Waals surface area (Å²) >= 11 is 3.39. The predicted octanol–water partition coefficient (Wildman–Crippen LogP) is 3.67. The second kappa shape index (κ2) is 5.46. The summed E-state index contributed by atoms with van der Waals surface area (Å²) in [5, 5.41) is 10.1. The molecule has 0 aromatic heterocycles. The number of benzene rings is 2. The third kappa shape index (κ3) is 2.68. The van der Waals surface area contributed by atoms with E-state index in [2.05, 4.69) is 15.9 Å². The van der Waals surface area contributed by atoms with Crippen LogP contribution in [0.1, 0.15) is 27.6 Å². The molecular weight excluding hydrogens is 292 g/mol. The zero-order valence-corrected chi connectivity index (χ0v) is 11.5. The van der Waals surface area contributed by atoms with Crippen LogP contribution in [0.25, 0.3) is 0 Å². The summed E-state index contributed by atoms with van der Waals surface area (Å²) in [6.07, 6.45) is -1.11. The van der Waals surface area contributed by atoms with Crippen LogP contribution < -0.4 is 0 Å². The topological polar surface area (TPSA) is 37.3 Å². The van der Waals surface area contributed by atoms with Crippen molar-refractivity contribution in [1.29, 1.82) is 0 Å². The minimum absolute atomic E-state index is 0.280. The van der Waals surface area contributed by atoms with E-state index in [1.807, 2.05) is 25.1 Å². The van der Waals surface area contributed by atoms with E-state index in [0.29, 0.717) is 11.1 Å². The minimum atomic E-state index is -1.11. The van der Waals surface area contributed by atoms with Crippen molar-refractivity contribution in [2.24, 2.45) is 0 Å². The Balaban J connectivity index is 2.28. The molecule has 1 N–H and O–H groups in total. The lowest BCUT2D eigenvalue weighted by Gasteiger charge is -2.11. The summed E-state index contributed by atoms with van der Waals surface area (Å²) in [4.78, 5) is 12.1. The number of carbonyl (C=O) groups is 1. The van der Waals surface area contributed by atoms with Crippen molar-refractivity contribution >= 4 is 21.7 Å². The van der Waals surface area contributed by atoms with E-state index in [-0.39, 0.29) is 5.78 Å². The van der Waals surface area contributed by atoms with Gasteiger partial charge in [0.1, 0.15) is 6.10 Å². The van der Waals surface area contributed by atoms with Crippen LogP contribution in [0.15, 0.2) is 53.0 Å². The van der Waals surface area contributed by atoms with Crippen molar-refractivity contribution in [2.45, 2.75) is 13.0 Å². The van der Waals surface area contributed by atoms with Crippen molar-refractivity contribution in [3.8, 4) is 0 Å². The number of carbonyl (C=O) groups excluding carboxylic acids is 1. The number of hydrogen-bond acceptors (Lipinski definition) is 2. The number of aliphatic hydroxyl groups is 1. The predicted molar refractivity (Wildman–Crippen MR) is 74.6 cm³/mol. The molecule has 0 aliphatic heterocycles. The molecule has 0 aliphatic carbocycles. The first-order chi connectivity index (χ1) is 8.59. The zero-order valence-electron chi connectivity index (χ0n) is 9.93. The highest BCUT2D eigenvalue weighted by molar-refractivity contribution is 9.10. The molecule has 0 saturated heterocycles. The molecular formula is C15H13BrO2. The SMILES string of the molecule is Cc1cc(C(O)C(=O)c2ccccc2)ccc1Br. The van der Waals surface area contributed by atoms with Crippen LogP contribution in [0.5, 0.6) is 0 Å². The summed E-state index contributed by atoms with van der Waals surface area (Å²) < 4.78 is 0.964. The van der Waals surface area contributed by atoms with Crippen LogP contribution in [0, 0.1) is 6.92 Å². The minimum Gasteiger partial charge on any atom is -0.380 e. The number of ketones is 1. The average Bonchev–Trinajstić information content (AvgIpc) is 2.41. The van der Waals surface area contributed by atoms with Crippen molar-refractivity contribution in [2.75, 3.05) is 0 Å². The second-order valence-electron chi connectivity index (χ2n) is 4.14. The van der Waals surface area contributed by atoms with E-state index in [4.69, 9.17) is 0 Å². The maximum atomic E-state index is 12.1. The first-order valence-corrected chi connectivity index (χ1v) is 6.42. The van der Waals surface area contributed by atoms with E-state index in [0.717, 1.165) is 10.0 Å². The summed E-state index contributed by atoms with van der Waals surface area (Å²) in [6.45, 7) is 1.92. The van der Waals surface area contributed by atoms with Gasteiger partial charge in [0.05, 0.1) is 0 Å². The van der Waals surface area contributed by atoms with E-state index < -0.39 is 6.10 Å². The fraction of sp³-hybridized carbons (Fsp3) is 0.133. The van der Waals surface area contributed by atoms with Gasteiger partial charge in [0, 0.05) is 10.0 Å². The Morgan fingerprint density at radius 1 is 1.17 bits per heavy atom. The fourth-order valence-corrected chi connectivity index (χ4v) is 2.00. The molecule has 0 fully saturated rings. The largest absolute Gasteiger partial charge is 0.380 e. The van der Waals surface area contributed by atoms with Crippen LogP contribution in [-0.4, -0.2) is 10.9 Å². The normalized spacial score (nSPS) is 12.2. The second-order valence-corrected chi connectivity index (χ2v) is 5.00. The molecule has 0 aliphatic rings. The van der Waals surface area contributed by atoms with Crippen LogP contribution in [-0.2, 0) is 0 Å². The first kappa shape index (κ1) is 13.0. The van der Waals surface area contributed by atoms with Crippen molar-refractivity contribution in [3.05, 3.63) is 69.7 Å². The average molecular weight is 305 g/mol. The van der Waals surface area contributed by atoms with Gasteiger partial charge in [0.15, 0.2) is 5.78 Å². The van der Waals surface area contributed by atoms with Gasteiger partial charge >= 0.3 is 0 Å². The van der Waals surface area contributed by atoms with E-state index in [1.54, 1.807) is 30.3 Å². The Hall–Kier alpha value is -1.45. The number of hydrogen-bond donors (Lipinski definition) is 1. The van der Waals surface area contributed by atoms with E-state index in [9.17, 15) is 9.90 Å². The molecule has 1 unspecified atom stereocenters. The smallest absolute Gasteiger partial charge is 0.195 e. The van der Waals surface area contributed by atoms with Gasteiger partial charge in [-0.1, -0.05) is 58.4 Å². The third-order valence-electron chi connectivity index (χ3n) is 2.80. The van der Waals surface area contributed by atoms with Gasteiger partial charge in [0.25, 0.3) is 0 Å². The molecule has 92 valence electrons. The van der Waals surface area contributed by atoms with Gasteiger partial charge < -0.3 is 5.11 Å². The fourth-order valence-electron chi connectivity index (χ4n) is 1.75. The molecule has 0 heterocycles. The molecule has 2 aromatic carbocycles. The van der Waals surface area contributed by atoms with Crippen LogP contribution in [0.4, 0.5) is 0 Å². The quantitative estimate of drug-likeness (QED) is 0.878. The Labute approximate surface area is 114 Å². The van der Waals surface area contributed by atoms with Crippen LogP contribution >= 0.6 is 15.9 Å². The van der Waals surface area contributed by atoms with Gasteiger partial charge in [-0.05, 0) is 24.1 Å². The monoisotopic (exact) mass is 304 g/mol. The zero-order chi connectivity index (χ0) is 13.1. The van der Waals surface area contributed by atoms with Gasteiger partial charge in [-0.15, -0.1) is 0 Å². The number of aliphatic hydroxyl groups excluding tert-OH is 1. The lowest BCUT2D eigenvalue weighted by molar-refractivity contribution is 0.0747. The van der Waals surface area contributed by atoms with E-state index >= 15 is 0 Å². The highest BCUT2D eigenvalue weighted by Crippen LogP contribution is 2.23. The van der Waals surface area contributed by atoms with Crippen molar-refractivity contribution < 1.29 is 9.90 Å². The number of rotatable bonds is 3. The molecule has 1 atom stereocenters.